The predicted octanol–water partition coefficient (Wildman–Crippen LogP) is 5.13. The Morgan fingerprint density at radius 2 is 1.33 bits per heavy atom. The highest BCUT2D eigenvalue weighted by molar-refractivity contribution is 6.11. The number of amides is 1. The van der Waals surface area contributed by atoms with Crippen molar-refractivity contribution in [1.82, 2.24) is 15.0 Å². The van der Waals surface area contributed by atoms with Gasteiger partial charge in [0.25, 0.3) is 0 Å². The Labute approximate surface area is 241 Å². The third-order valence-corrected chi connectivity index (χ3v) is 7.36. The number of rotatable bonds is 8. The van der Waals surface area contributed by atoms with E-state index < -0.39 is 24.4 Å². The van der Waals surface area contributed by atoms with Crippen LogP contribution in [0.2, 0.25) is 0 Å². The number of ketones is 1. The normalized spacial score (nSPS) is 17.6. The highest BCUT2D eigenvalue weighted by Gasteiger charge is 2.43. The fraction of sp³-hybridized carbons (Fsp3) is 0.414. The summed E-state index contributed by atoms with van der Waals surface area (Å²) >= 11 is 0. The van der Waals surface area contributed by atoms with Crippen LogP contribution in [0.5, 0.6) is 11.5 Å². The molecule has 0 aliphatic carbocycles. The fourth-order valence-corrected chi connectivity index (χ4v) is 5.23. The standard InChI is InChI=1S/C29H31F2N7O4/c30-29(31)41-23-12-11-21(17-24(23)42-29)32-25(40)18-22(39)19-7-9-20(10-8-19)33-26-34-27(37-13-3-1-4-14-37)36-28(35-26)38-15-5-2-6-16-38/h7-12,17H,1-6,13-16,18H2,(H,32,40)(H,33,34,35,36). The second-order valence-electron chi connectivity index (χ2n) is 10.5. The number of ether oxygens (including phenoxy) is 2. The number of anilines is 5. The Morgan fingerprint density at radius 1 is 0.762 bits per heavy atom. The van der Waals surface area contributed by atoms with Gasteiger partial charge in [0, 0.05) is 49.2 Å². The molecule has 2 aromatic carbocycles. The average molecular weight is 580 g/mol. The van der Waals surface area contributed by atoms with E-state index in [1.165, 1.54) is 31.0 Å². The summed E-state index contributed by atoms with van der Waals surface area (Å²) in [5.74, 6) is 0.455. The quantitative estimate of drug-likeness (QED) is 0.274. The maximum absolute atomic E-state index is 13.2. The largest absolute Gasteiger partial charge is 0.586 e. The molecule has 0 radical (unpaired) electrons. The molecule has 1 amide bonds. The average Bonchev–Trinajstić information content (AvgIpc) is 3.31. The number of carbonyl (C=O) groups excluding carboxylic acids is 2. The van der Waals surface area contributed by atoms with Gasteiger partial charge < -0.3 is 29.9 Å². The lowest BCUT2D eigenvalue weighted by Crippen LogP contribution is -2.34. The third kappa shape index (κ3) is 6.50. The van der Waals surface area contributed by atoms with Crippen molar-refractivity contribution >= 4 is 40.9 Å². The zero-order valence-corrected chi connectivity index (χ0v) is 22.9. The molecule has 42 heavy (non-hydrogen) atoms. The van der Waals surface area contributed by atoms with E-state index in [0.717, 1.165) is 51.9 Å². The van der Waals surface area contributed by atoms with Crippen molar-refractivity contribution in [2.75, 3.05) is 46.6 Å². The highest BCUT2D eigenvalue weighted by Crippen LogP contribution is 2.42. The fourth-order valence-electron chi connectivity index (χ4n) is 5.23. The van der Waals surface area contributed by atoms with Gasteiger partial charge in [-0.25, -0.2) is 0 Å². The molecule has 3 aliphatic rings. The zero-order valence-electron chi connectivity index (χ0n) is 22.9. The number of benzene rings is 2. The molecule has 0 unspecified atom stereocenters. The Bertz CT molecular complexity index is 1420. The number of nitrogens with zero attached hydrogens (tertiary/aromatic N) is 5. The number of hydrogen-bond acceptors (Lipinski definition) is 10. The molecule has 220 valence electrons. The van der Waals surface area contributed by atoms with E-state index in [2.05, 4.69) is 29.9 Å². The van der Waals surface area contributed by atoms with E-state index in [1.54, 1.807) is 24.3 Å². The van der Waals surface area contributed by atoms with E-state index in [0.29, 0.717) is 29.1 Å². The summed E-state index contributed by atoms with van der Waals surface area (Å²) in [5.41, 5.74) is 1.24. The van der Waals surface area contributed by atoms with Crippen molar-refractivity contribution < 1.29 is 27.8 Å². The van der Waals surface area contributed by atoms with E-state index in [9.17, 15) is 18.4 Å². The van der Waals surface area contributed by atoms with Crippen LogP contribution in [0.4, 0.5) is 38.0 Å². The molecular formula is C29H31F2N7O4. The summed E-state index contributed by atoms with van der Waals surface area (Å²) in [6.45, 7) is 3.66. The number of hydrogen-bond donors (Lipinski definition) is 2. The summed E-state index contributed by atoms with van der Waals surface area (Å²) in [6.07, 6.45) is 2.66. The molecule has 2 fully saturated rings. The molecule has 0 atom stereocenters. The van der Waals surface area contributed by atoms with Crippen LogP contribution in [0.15, 0.2) is 42.5 Å². The molecule has 3 aliphatic heterocycles. The van der Waals surface area contributed by atoms with Crippen LogP contribution in [0.1, 0.15) is 55.3 Å². The number of fused-ring (bicyclic) bond motifs is 1. The first-order valence-corrected chi connectivity index (χ1v) is 14.2. The minimum absolute atomic E-state index is 0.134. The Kier molecular flexibility index (Phi) is 7.72. The number of halogens is 2. The Morgan fingerprint density at radius 3 is 1.95 bits per heavy atom. The van der Waals surface area contributed by atoms with Crippen LogP contribution in [-0.2, 0) is 4.79 Å². The van der Waals surface area contributed by atoms with Gasteiger partial charge in [-0.15, -0.1) is 8.78 Å². The molecule has 13 heteroatoms. The number of aromatic nitrogens is 3. The van der Waals surface area contributed by atoms with Crippen LogP contribution < -0.4 is 29.9 Å². The van der Waals surface area contributed by atoms with Gasteiger partial charge in [-0.1, -0.05) is 0 Å². The van der Waals surface area contributed by atoms with Gasteiger partial charge in [-0.3, -0.25) is 9.59 Å². The van der Waals surface area contributed by atoms with E-state index >= 15 is 0 Å². The number of alkyl halides is 2. The molecule has 1 aromatic heterocycles. The number of Topliss-reactive ketones (excluding diaryl/α,β-unsaturated/α-hetero) is 1. The first-order chi connectivity index (χ1) is 20.3. The number of nitrogens with one attached hydrogen (secondary N) is 2. The van der Waals surface area contributed by atoms with Crippen LogP contribution in [0, 0.1) is 0 Å². The summed E-state index contributed by atoms with van der Waals surface area (Å²) in [4.78, 5) is 43.8. The molecule has 0 spiro atoms. The SMILES string of the molecule is O=C(CC(=O)c1ccc(Nc2nc(N3CCCCC3)nc(N3CCCCC3)n2)cc1)Nc1ccc2c(c1)OC(F)(F)O2. The topological polar surface area (TPSA) is 122 Å². The van der Waals surface area contributed by atoms with Gasteiger partial charge in [0.15, 0.2) is 17.3 Å². The van der Waals surface area contributed by atoms with E-state index in [-0.39, 0.29) is 17.2 Å². The lowest BCUT2D eigenvalue weighted by Gasteiger charge is -2.30. The van der Waals surface area contributed by atoms with Gasteiger partial charge in [-0.05, 0) is 74.9 Å². The summed E-state index contributed by atoms with van der Waals surface area (Å²) in [6, 6.07) is 10.6. The molecular weight excluding hydrogens is 548 g/mol. The molecule has 11 nitrogen and oxygen atoms in total. The summed E-state index contributed by atoms with van der Waals surface area (Å²) in [7, 11) is 0. The molecule has 0 saturated carbocycles. The molecule has 4 heterocycles. The van der Waals surface area contributed by atoms with Gasteiger partial charge in [0.2, 0.25) is 23.8 Å². The minimum atomic E-state index is -3.75. The summed E-state index contributed by atoms with van der Waals surface area (Å²) < 4.78 is 35.2. The van der Waals surface area contributed by atoms with Crippen molar-refractivity contribution in [3.63, 3.8) is 0 Å². The first-order valence-electron chi connectivity index (χ1n) is 14.2. The van der Waals surface area contributed by atoms with Crippen molar-refractivity contribution in [2.45, 2.75) is 51.2 Å². The van der Waals surface area contributed by atoms with Crippen molar-refractivity contribution in [3.05, 3.63) is 48.0 Å². The lowest BCUT2D eigenvalue weighted by atomic mass is 10.1. The van der Waals surface area contributed by atoms with Crippen molar-refractivity contribution in [3.8, 4) is 11.5 Å². The predicted molar refractivity (Wildman–Crippen MR) is 152 cm³/mol. The molecule has 3 aromatic rings. The van der Waals surface area contributed by atoms with Crippen LogP contribution in [0.25, 0.3) is 0 Å². The third-order valence-electron chi connectivity index (χ3n) is 7.36. The van der Waals surface area contributed by atoms with Crippen molar-refractivity contribution in [2.24, 2.45) is 0 Å². The van der Waals surface area contributed by atoms with E-state index in [1.807, 2.05) is 0 Å². The maximum Gasteiger partial charge on any atom is 0.586 e. The van der Waals surface area contributed by atoms with E-state index in [4.69, 9.17) is 15.0 Å². The van der Waals surface area contributed by atoms with Crippen LogP contribution in [0.3, 0.4) is 0 Å². The smallest absolute Gasteiger partial charge is 0.395 e. The summed E-state index contributed by atoms with van der Waals surface area (Å²) in [5, 5.41) is 5.77. The second-order valence-corrected chi connectivity index (χ2v) is 10.5. The number of piperidine rings is 2. The van der Waals surface area contributed by atoms with Gasteiger partial charge in [0.05, 0.1) is 6.42 Å². The second kappa shape index (κ2) is 11.7. The highest BCUT2D eigenvalue weighted by atomic mass is 19.3. The van der Waals surface area contributed by atoms with Crippen molar-refractivity contribution in [1.29, 1.82) is 0 Å². The minimum Gasteiger partial charge on any atom is -0.395 e. The van der Waals surface area contributed by atoms with Crippen LogP contribution >= 0.6 is 0 Å². The number of carbonyl (C=O) groups is 2. The van der Waals surface area contributed by atoms with Gasteiger partial charge >= 0.3 is 6.29 Å². The molecule has 2 saturated heterocycles. The molecule has 2 N–H and O–H groups in total. The maximum atomic E-state index is 13.2. The van der Waals surface area contributed by atoms with Gasteiger partial charge in [-0.2, -0.15) is 15.0 Å². The lowest BCUT2D eigenvalue weighted by molar-refractivity contribution is -0.286. The zero-order chi connectivity index (χ0) is 29.1. The Balaban J connectivity index is 1.10. The molecule has 6 rings (SSSR count). The first kappa shape index (κ1) is 27.6. The monoisotopic (exact) mass is 579 g/mol. The van der Waals surface area contributed by atoms with Crippen LogP contribution in [-0.4, -0.2) is 59.1 Å². The van der Waals surface area contributed by atoms with Gasteiger partial charge in [0.1, 0.15) is 0 Å². The Hall–Kier alpha value is -4.55. The molecule has 0 bridgehead atoms.